The van der Waals surface area contributed by atoms with Gasteiger partial charge in [-0.05, 0) is 37.1 Å². The van der Waals surface area contributed by atoms with Crippen LogP contribution in [0.5, 0.6) is 0 Å². The van der Waals surface area contributed by atoms with Gasteiger partial charge in [-0.15, -0.1) is 0 Å². The smallest absolute Gasteiger partial charge is 0.253 e. The van der Waals surface area contributed by atoms with E-state index in [-0.39, 0.29) is 17.8 Å². The van der Waals surface area contributed by atoms with Crippen molar-refractivity contribution >= 4 is 5.91 Å². The first kappa shape index (κ1) is 12.0. The van der Waals surface area contributed by atoms with Gasteiger partial charge in [0.05, 0.1) is 6.10 Å². The molecule has 1 heterocycles. The molecule has 1 aromatic carbocycles. The number of benzene rings is 1. The zero-order valence-electron chi connectivity index (χ0n) is 9.86. The van der Waals surface area contributed by atoms with Crippen molar-refractivity contribution < 1.29 is 13.9 Å². The minimum Gasteiger partial charge on any atom is -0.381 e. The molecule has 0 aromatic heterocycles. The van der Waals surface area contributed by atoms with Crippen LogP contribution in [0, 0.1) is 5.82 Å². The number of piperidine rings is 1. The summed E-state index contributed by atoms with van der Waals surface area (Å²) in [5.74, 6) is -0.348. The summed E-state index contributed by atoms with van der Waals surface area (Å²) in [6.45, 7) is 1.41. The molecule has 1 amide bonds. The Labute approximate surface area is 100 Å². The lowest BCUT2D eigenvalue weighted by atomic mass is 10.1. The van der Waals surface area contributed by atoms with E-state index in [4.69, 9.17) is 4.74 Å². The topological polar surface area (TPSA) is 29.5 Å². The second kappa shape index (κ2) is 5.27. The number of ether oxygens (including phenoxy) is 1. The summed E-state index contributed by atoms with van der Waals surface area (Å²) in [4.78, 5) is 13.9. The Bertz CT molecular complexity index is 383. The van der Waals surface area contributed by atoms with Crippen molar-refractivity contribution in [2.45, 2.75) is 18.9 Å². The van der Waals surface area contributed by atoms with Gasteiger partial charge in [0.1, 0.15) is 5.82 Å². The van der Waals surface area contributed by atoms with E-state index in [1.807, 2.05) is 0 Å². The Hall–Kier alpha value is -1.42. The van der Waals surface area contributed by atoms with Crippen LogP contribution in [-0.2, 0) is 4.74 Å². The van der Waals surface area contributed by atoms with Gasteiger partial charge in [-0.3, -0.25) is 4.79 Å². The first-order valence-corrected chi connectivity index (χ1v) is 5.78. The largest absolute Gasteiger partial charge is 0.381 e. The van der Waals surface area contributed by atoms with Gasteiger partial charge < -0.3 is 9.64 Å². The average molecular weight is 237 g/mol. The van der Waals surface area contributed by atoms with Gasteiger partial charge in [-0.25, -0.2) is 4.39 Å². The zero-order chi connectivity index (χ0) is 12.3. The third-order valence-corrected chi connectivity index (χ3v) is 3.15. The van der Waals surface area contributed by atoms with E-state index in [9.17, 15) is 9.18 Å². The maximum absolute atomic E-state index is 12.7. The van der Waals surface area contributed by atoms with Crippen molar-refractivity contribution in [1.29, 1.82) is 0 Å². The molecular formula is C13H16FNO2. The summed E-state index contributed by atoms with van der Waals surface area (Å²) >= 11 is 0. The van der Waals surface area contributed by atoms with Crippen molar-refractivity contribution in [3.05, 3.63) is 35.6 Å². The van der Waals surface area contributed by atoms with Gasteiger partial charge in [-0.2, -0.15) is 0 Å². The van der Waals surface area contributed by atoms with E-state index < -0.39 is 0 Å². The summed E-state index contributed by atoms with van der Waals surface area (Å²) in [5.41, 5.74) is 0.544. The van der Waals surface area contributed by atoms with Crippen LogP contribution < -0.4 is 0 Å². The lowest BCUT2D eigenvalue weighted by Crippen LogP contribution is -2.40. The number of methoxy groups -OCH3 is 1. The van der Waals surface area contributed by atoms with Gasteiger partial charge in [-0.1, -0.05) is 0 Å². The summed E-state index contributed by atoms with van der Waals surface area (Å²) < 4.78 is 18.0. The number of carbonyl (C=O) groups is 1. The highest BCUT2D eigenvalue weighted by Crippen LogP contribution is 2.15. The lowest BCUT2D eigenvalue weighted by Gasteiger charge is -2.31. The maximum atomic E-state index is 12.7. The molecule has 17 heavy (non-hydrogen) atoms. The number of hydrogen-bond donors (Lipinski definition) is 0. The van der Waals surface area contributed by atoms with Gasteiger partial charge in [0, 0.05) is 25.8 Å². The molecule has 2 rings (SSSR count). The van der Waals surface area contributed by atoms with E-state index in [0.717, 1.165) is 12.8 Å². The number of rotatable bonds is 2. The van der Waals surface area contributed by atoms with Gasteiger partial charge in [0.25, 0.3) is 5.91 Å². The van der Waals surface area contributed by atoms with Crippen molar-refractivity contribution in [3.8, 4) is 0 Å². The molecule has 4 heteroatoms. The SMILES string of the molecule is COC1CCN(C(=O)c2ccc(F)cc2)CC1. The molecule has 1 aromatic rings. The van der Waals surface area contributed by atoms with Gasteiger partial charge in [0.15, 0.2) is 0 Å². The zero-order valence-corrected chi connectivity index (χ0v) is 9.86. The van der Waals surface area contributed by atoms with Crippen LogP contribution in [0.2, 0.25) is 0 Å². The third-order valence-electron chi connectivity index (χ3n) is 3.15. The molecule has 0 bridgehead atoms. The second-order valence-corrected chi connectivity index (χ2v) is 4.23. The molecule has 0 N–H and O–H groups in total. The first-order chi connectivity index (χ1) is 8.20. The predicted molar refractivity (Wildman–Crippen MR) is 62.3 cm³/mol. The summed E-state index contributed by atoms with van der Waals surface area (Å²) in [5, 5.41) is 0. The first-order valence-electron chi connectivity index (χ1n) is 5.78. The number of likely N-dealkylation sites (tertiary alicyclic amines) is 1. The van der Waals surface area contributed by atoms with Crippen LogP contribution in [0.15, 0.2) is 24.3 Å². The third kappa shape index (κ3) is 2.82. The minimum absolute atomic E-state index is 0.0282. The Morgan fingerprint density at radius 1 is 1.29 bits per heavy atom. The predicted octanol–water partition coefficient (Wildman–Crippen LogP) is 2.08. The van der Waals surface area contributed by atoms with E-state index in [2.05, 4.69) is 0 Å². The molecular weight excluding hydrogens is 221 g/mol. The molecule has 1 aliphatic rings. The fourth-order valence-corrected chi connectivity index (χ4v) is 2.07. The van der Waals surface area contributed by atoms with Crippen molar-refractivity contribution in [3.63, 3.8) is 0 Å². The average Bonchev–Trinajstić information content (AvgIpc) is 2.39. The molecule has 1 saturated heterocycles. The van der Waals surface area contributed by atoms with Crippen molar-refractivity contribution in [1.82, 2.24) is 4.90 Å². The quantitative estimate of drug-likeness (QED) is 0.788. The monoisotopic (exact) mass is 237 g/mol. The standard InChI is InChI=1S/C13H16FNO2/c1-17-12-6-8-15(9-7-12)13(16)10-2-4-11(14)5-3-10/h2-5,12H,6-9H2,1H3. The Morgan fingerprint density at radius 2 is 1.88 bits per heavy atom. The number of amides is 1. The molecule has 1 aliphatic heterocycles. The Balaban J connectivity index is 1.99. The van der Waals surface area contributed by atoms with Gasteiger partial charge >= 0.3 is 0 Å². The second-order valence-electron chi connectivity index (χ2n) is 4.23. The van der Waals surface area contributed by atoms with Crippen LogP contribution in [-0.4, -0.2) is 37.1 Å². The number of halogens is 1. The molecule has 0 unspecified atom stereocenters. The molecule has 0 spiro atoms. The van der Waals surface area contributed by atoms with Crippen LogP contribution in [0.25, 0.3) is 0 Å². The number of hydrogen-bond acceptors (Lipinski definition) is 2. The van der Waals surface area contributed by atoms with E-state index in [1.54, 1.807) is 12.0 Å². The molecule has 0 saturated carbocycles. The van der Waals surface area contributed by atoms with Crippen molar-refractivity contribution in [2.75, 3.05) is 20.2 Å². The van der Waals surface area contributed by atoms with Gasteiger partial charge in [0.2, 0.25) is 0 Å². The minimum atomic E-state index is -0.320. The van der Waals surface area contributed by atoms with Crippen LogP contribution in [0.1, 0.15) is 23.2 Å². The fourth-order valence-electron chi connectivity index (χ4n) is 2.07. The fraction of sp³-hybridized carbons (Fsp3) is 0.462. The highest BCUT2D eigenvalue weighted by atomic mass is 19.1. The van der Waals surface area contributed by atoms with Crippen molar-refractivity contribution in [2.24, 2.45) is 0 Å². The molecule has 92 valence electrons. The number of nitrogens with zero attached hydrogens (tertiary/aromatic N) is 1. The van der Waals surface area contributed by atoms with E-state index >= 15 is 0 Å². The highest BCUT2D eigenvalue weighted by Gasteiger charge is 2.23. The molecule has 1 fully saturated rings. The normalized spacial score (nSPS) is 17.2. The van der Waals surface area contributed by atoms with Crippen LogP contribution in [0.4, 0.5) is 4.39 Å². The summed E-state index contributed by atoms with van der Waals surface area (Å²) in [7, 11) is 1.70. The lowest BCUT2D eigenvalue weighted by molar-refractivity contribution is 0.0351. The summed E-state index contributed by atoms with van der Waals surface area (Å²) in [6.07, 6.45) is 1.99. The highest BCUT2D eigenvalue weighted by molar-refractivity contribution is 5.94. The molecule has 0 aliphatic carbocycles. The van der Waals surface area contributed by atoms with E-state index in [0.29, 0.717) is 18.7 Å². The van der Waals surface area contributed by atoms with E-state index in [1.165, 1.54) is 24.3 Å². The molecule has 3 nitrogen and oxygen atoms in total. The summed E-state index contributed by atoms with van der Waals surface area (Å²) in [6, 6.07) is 5.68. The molecule has 0 radical (unpaired) electrons. The Morgan fingerprint density at radius 3 is 2.41 bits per heavy atom. The number of carbonyl (C=O) groups excluding carboxylic acids is 1. The van der Waals surface area contributed by atoms with Crippen LogP contribution >= 0.6 is 0 Å². The molecule has 0 atom stereocenters. The maximum Gasteiger partial charge on any atom is 0.253 e. The van der Waals surface area contributed by atoms with Crippen LogP contribution in [0.3, 0.4) is 0 Å². The Kier molecular flexibility index (Phi) is 3.74.